The van der Waals surface area contributed by atoms with E-state index >= 15 is 0 Å². The van der Waals surface area contributed by atoms with Crippen molar-refractivity contribution in [1.29, 1.82) is 0 Å². The first kappa shape index (κ1) is 69.8. The van der Waals surface area contributed by atoms with E-state index in [-0.39, 0.29) is 23.0 Å². The van der Waals surface area contributed by atoms with E-state index in [1.807, 2.05) is 0 Å². The maximum atomic E-state index is 2.74. The second-order valence-electron chi connectivity index (χ2n) is 34.1. The number of benzene rings is 16. The van der Waals surface area contributed by atoms with E-state index in [2.05, 4.69) is 456 Å². The first-order valence-corrected chi connectivity index (χ1v) is 40.2. The van der Waals surface area contributed by atoms with Crippen molar-refractivity contribution in [2.75, 3.05) is 14.7 Å². The Morgan fingerprint density at radius 2 is 0.632 bits per heavy atom. The number of hydrogen-bond acceptors (Lipinski definition) is 3. The zero-order valence-electron chi connectivity index (χ0n) is 66.0. The molecular weight excluding hydrogens is 1380 g/mol. The Bertz CT molecular complexity index is 6540. The van der Waals surface area contributed by atoms with Crippen molar-refractivity contribution < 1.29 is 0 Å². The van der Waals surface area contributed by atoms with Gasteiger partial charge in [-0.05, 0) is 227 Å². The van der Waals surface area contributed by atoms with Gasteiger partial charge >= 0.3 is 0 Å². The average Bonchev–Trinajstić information content (AvgIpc) is 0.891. The van der Waals surface area contributed by atoms with Crippen LogP contribution in [0.5, 0.6) is 0 Å². The molecule has 0 aliphatic carbocycles. The normalized spacial score (nSPS) is 12.7. The molecule has 0 bridgehead atoms. The predicted molar refractivity (Wildman–Crippen MR) is 487 cm³/mol. The Hall–Kier alpha value is -13.4. The van der Waals surface area contributed by atoms with Crippen molar-refractivity contribution in [3.05, 3.63) is 387 Å². The maximum Gasteiger partial charge on any atom is 0.252 e. The van der Waals surface area contributed by atoms with Crippen molar-refractivity contribution in [2.45, 2.75) is 78.6 Å². The molecule has 20 rings (SSSR count). The van der Waals surface area contributed by atoms with Gasteiger partial charge < -0.3 is 23.8 Å². The zero-order valence-corrected chi connectivity index (χ0v) is 66.0. The smallest absolute Gasteiger partial charge is 0.252 e. The maximum absolute atomic E-state index is 2.74. The Morgan fingerprint density at radius 3 is 1.13 bits per heavy atom. The fraction of sp³-hybridized carbons (Fsp3) is 0.111. The molecule has 16 aromatic carbocycles. The van der Waals surface area contributed by atoms with Gasteiger partial charge in [-0.3, -0.25) is 0 Å². The lowest BCUT2D eigenvalue weighted by atomic mass is 9.33. The van der Waals surface area contributed by atoms with Crippen molar-refractivity contribution in [2.24, 2.45) is 0 Å². The molecule has 2 aromatic heterocycles. The van der Waals surface area contributed by atoms with Crippen molar-refractivity contribution in [3.8, 4) is 67.0 Å². The summed E-state index contributed by atoms with van der Waals surface area (Å²) in [5.41, 5.74) is 35.0. The molecule has 0 atom stereocenters. The molecule has 0 saturated carbocycles. The third-order valence-electron chi connectivity index (χ3n) is 23.9. The van der Waals surface area contributed by atoms with Gasteiger partial charge in [-0.2, -0.15) is 0 Å². The molecule has 0 N–H and O–H groups in total. The van der Waals surface area contributed by atoms with Crippen LogP contribution in [-0.4, -0.2) is 15.8 Å². The van der Waals surface area contributed by atoms with Gasteiger partial charge in [0.15, 0.2) is 0 Å². The second kappa shape index (κ2) is 27.2. The summed E-state index contributed by atoms with van der Waals surface area (Å²) in [6.07, 6.45) is 0. The van der Waals surface area contributed by atoms with Crippen molar-refractivity contribution >= 4 is 118 Å². The molecule has 6 heteroatoms. The Balaban J connectivity index is 0.955. The Morgan fingerprint density at radius 1 is 0.237 bits per heavy atom. The number of para-hydroxylation sites is 3. The van der Waals surface area contributed by atoms with Gasteiger partial charge in [0.2, 0.25) is 0 Å². The SMILES string of the molecule is CC(C)(C)c1cc(-c2ccccc2)c(N2c3cc(-n4c5ccccc5c5cc(N(c6ccccc6)c6ccccc6)ccc54)ccc3B3c4ccc(-c5ccccc5)cc4N(c4cc(-c5ccccc5)cc(-c5ccccc5)c4)c4cc(-n5c6ccc(C(C)(C)C)cc6c6cc(C(C)(C)C)ccc65)cc2c43)c(-c2ccccc2)c1. The zero-order chi connectivity index (χ0) is 77.3. The van der Waals surface area contributed by atoms with Crippen LogP contribution in [0.1, 0.15) is 79.0 Å². The van der Waals surface area contributed by atoms with Crippen molar-refractivity contribution in [1.82, 2.24) is 9.13 Å². The molecule has 548 valence electrons. The van der Waals surface area contributed by atoms with Gasteiger partial charge in [-0.1, -0.05) is 299 Å². The standard InChI is InChI=1S/C108H88BN5/c1-106(2,3)79-50-56-97-91(63-79)92-64-80(107(4,5)6)51-57-98(92)112(97)87-69-102-104-103(70-87)114(105-89(74-39-23-13-24-40-74)65-81(108(7,8)9)66-90(105)75-41-25-14-26-42-75)101-68-85(111-96-48-32-31-47-88(96)93-67-84(53-58-99(93)111)110(82-43-27-15-28-44-82)83-45-29-16-30-46-83)52-55-95(101)109(104)94-54-49-76(71-33-17-10-18-34-71)62-100(94)113(102)86-60-77(72-35-19-11-20-36-72)59-78(61-86)73-37-21-12-22-38-73/h10-70H,1-9H3. The van der Waals surface area contributed by atoms with E-state index in [1.54, 1.807) is 0 Å². The van der Waals surface area contributed by atoms with Gasteiger partial charge in [0.05, 0.1) is 33.4 Å². The van der Waals surface area contributed by atoms with E-state index in [0.29, 0.717) is 0 Å². The van der Waals surface area contributed by atoms with E-state index in [4.69, 9.17) is 0 Å². The lowest BCUT2D eigenvalue weighted by Crippen LogP contribution is -2.61. The van der Waals surface area contributed by atoms with Crippen LogP contribution in [0.4, 0.5) is 51.2 Å². The van der Waals surface area contributed by atoms with E-state index < -0.39 is 0 Å². The fourth-order valence-electron chi connectivity index (χ4n) is 18.1. The minimum atomic E-state index is -0.273. The van der Waals surface area contributed by atoms with Crippen LogP contribution < -0.4 is 31.1 Å². The molecule has 0 radical (unpaired) electrons. The van der Waals surface area contributed by atoms with Crippen LogP contribution in [0.3, 0.4) is 0 Å². The highest BCUT2D eigenvalue weighted by Gasteiger charge is 2.46. The highest BCUT2D eigenvalue weighted by atomic mass is 15.2. The molecule has 0 saturated heterocycles. The van der Waals surface area contributed by atoms with Gasteiger partial charge in [-0.25, -0.2) is 0 Å². The lowest BCUT2D eigenvalue weighted by Gasteiger charge is -2.45. The quantitative estimate of drug-likeness (QED) is 0.114. The summed E-state index contributed by atoms with van der Waals surface area (Å²) in [4.78, 5) is 7.77. The largest absolute Gasteiger partial charge is 0.311 e. The van der Waals surface area contributed by atoms with Gasteiger partial charge in [0.1, 0.15) is 0 Å². The van der Waals surface area contributed by atoms with Crippen molar-refractivity contribution in [3.63, 3.8) is 0 Å². The highest BCUT2D eigenvalue weighted by molar-refractivity contribution is 7.00. The number of rotatable bonds is 12. The summed E-state index contributed by atoms with van der Waals surface area (Å²) in [5.74, 6) is 0. The van der Waals surface area contributed by atoms with Crippen LogP contribution in [0.2, 0.25) is 0 Å². The van der Waals surface area contributed by atoms with Crippen LogP contribution in [0, 0.1) is 0 Å². The summed E-state index contributed by atoms with van der Waals surface area (Å²) < 4.78 is 5.13. The third-order valence-corrected chi connectivity index (χ3v) is 23.9. The monoisotopic (exact) mass is 1470 g/mol. The molecule has 4 heterocycles. The number of anilines is 9. The van der Waals surface area contributed by atoms with E-state index in [1.165, 1.54) is 54.6 Å². The molecular formula is C108H88BN5. The molecule has 0 unspecified atom stereocenters. The minimum absolute atomic E-state index is 0.106. The molecule has 2 aliphatic rings. The fourth-order valence-corrected chi connectivity index (χ4v) is 18.1. The van der Waals surface area contributed by atoms with E-state index in [9.17, 15) is 0 Å². The lowest BCUT2D eigenvalue weighted by molar-refractivity contribution is 0.590. The predicted octanol–water partition coefficient (Wildman–Crippen LogP) is 27.7. The minimum Gasteiger partial charge on any atom is -0.311 e. The number of aromatic nitrogens is 2. The number of nitrogens with zero attached hydrogens (tertiary/aromatic N) is 5. The Kier molecular flexibility index (Phi) is 16.7. The number of fused-ring (bicyclic) bond motifs is 10. The molecule has 114 heavy (non-hydrogen) atoms. The first-order valence-electron chi connectivity index (χ1n) is 40.2. The van der Waals surface area contributed by atoms with Gasteiger partial charge in [-0.15, -0.1) is 0 Å². The Labute approximate surface area is 669 Å². The second-order valence-corrected chi connectivity index (χ2v) is 34.1. The highest BCUT2D eigenvalue weighted by Crippen LogP contribution is 2.54. The summed E-state index contributed by atoms with van der Waals surface area (Å²) >= 11 is 0. The van der Waals surface area contributed by atoms with E-state index in [0.717, 1.165) is 140 Å². The van der Waals surface area contributed by atoms with Gasteiger partial charge in [0.25, 0.3) is 6.71 Å². The van der Waals surface area contributed by atoms with Crippen LogP contribution >= 0.6 is 0 Å². The van der Waals surface area contributed by atoms with Crippen LogP contribution in [0.25, 0.3) is 111 Å². The molecule has 18 aromatic rings. The first-order chi connectivity index (χ1) is 55.4. The number of hydrogen-bond donors (Lipinski definition) is 0. The summed E-state index contributed by atoms with van der Waals surface area (Å²) in [6, 6.07) is 140. The molecule has 2 aliphatic heterocycles. The van der Waals surface area contributed by atoms with Crippen LogP contribution in [0.15, 0.2) is 370 Å². The molecule has 5 nitrogen and oxygen atoms in total. The average molecular weight is 1470 g/mol. The summed E-state index contributed by atoms with van der Waals surface area (Å²) in [6.45, 7) is 20.9. The topological polar surface area (TPSA) is 19.6 Å². The summed E-state index contributed by atoms with van der Waals surface area (Å²) in [7, 11) is 0. The molecule has 0 amide bonds. The van der Waals surface area contributed by atoms with Gasteiger partial charge in [0, 0.05) is 83.9 Å². The molecule has 0 spiro atoms. The van der Waals surface area contributed by atoms with Crippen LogP contribution in [-0.2, 0) is 16.2 Å². The summed E-state index contributed by atoms with van der Waals surface area (Å²) in [5, 5.41) is 4.82. The molecule has 0 fully saturated rings. The third kappa shape index (κ3) is 11.9.